The van der Waals surface area contributed by atoms with Crippen LogP contribution in [0.3, 0.4) is 0 Å². The molecular formula is C18H26N4O5. The van der Waals surface area contributed by atoms with Crippen molar-refractivity contribution in [2.75, 3.05) is 49.2 Å². The summed E-state index contributed by atoms with van der Waals surface area (Å²) in [5.41, 5.74) is -0.593. The molecule has 0 bridgehead atoms. The highest BCUT2D eigenvalue weighted by atomic mass is 16.5. The molecule has 0 radical (unpaired) electrons. The fourth-order valence-corrected chi connectivity index (χ4v) is 3.45. The Bertz CT molecular complexity index is 718. The molecule has 2 aliphatic rings. The van der Waals surface area contributed by atoms with Gasteiger partial charge < -0.3 is 24.7 Å². The quantitative estimate of drug-likeness (QED) is 0.773. The number of carbonyl (C=O) groups is 2. The van der Waals surface area contributed by atoms with Crippen molar-refractivity contribution in [2.45, 2.75) is 32.1 Å². The monoisotopic (exact) mass is 378 g/mol. The molecule has 9 heteroatoms. The van der Waals surface area contributed by atoms with Crippen LogP contribution in [-0.2, 0) is 19.7 Å². The first-order valence-electron chi connectivity index (χ1n) is 9.22. The number of ether oxygens (including phenoxy) is 1. The molecule has 0 spiro atoms. The van der Waals surface area contributed by atoms with Crippen LogP contribution in [0.4, 0.5) is 11.8 Å². The SMILES string of the molecule is CC(C)(C(=O)O)c1cnc(N2CCC[C@H](C(=O)O)C2)nc1N1CCOCC1. The lowest BCUT2D eigenvalue weighted by Gasteiger charge is -2.35. The summed E-state index contributed by atoms with van der Waals surface area (Å²) in [4.78, 5) is 36.1. The Kier molecular flexibility index (Phi) is 5.50. The third-order valence-electron chi connectivity index (χ3n) is 5.33. The predicted molar refractivity (Wildman–Crippen MR) is 98.3 cm³/mol. The molecule has 2 fully saturated rings. The number of anilines is 2. The smallest absolute Gasteiger partial charge is 0.313 e. The van der Waals surface area contributed by atoms with Crippen molar-refractivity contribution in [3.8, 4) is 0 Å². The summed E-state index contributed by atoms with van der Waals surface area (Å²) in [5, 5.41) is 19.0. The Labute approximate surface area is 158 Å². The molecule has 3 heterocycles. The standard InChI is InChI=1S/C18H26N4O5/c1-18(2,16(25)26)13-10-19-17(20-14(13)21-6-8-27-9-7-21)22-5-3-4-12(11-22)15(23)24/h10,12H,3-9,11H2,1-2H3,(H,23,24)(H,25,26)/t12-/m0/s1. The number of carboxylic acids is 2. The van der Waals surface area contributed by atoms with Gasteiger partial charge in [0.1, 0.15) is 5.82 Å². The maximum atomic E-state index is 11.8. The maximum absolute atomic E-state index is 11.8. The highest BCUT2D eigenvalue weighted by molar-refractivity contribution is 5.82. The first kappa shape index (κ1) is 19.3. The maximum Gasteiger partial charge on any atom is 0.313 e. The zero-order valence-electron chi connectivity index (χ0n) is 15.7. The van der Waals surface area contributed by atoms with E-state index in [2.05, 4.69) is 4.98 Å². The third kappa shape index (κ3) is 3.97. The molecular weight excluding hydrogens is 352 g/mol. The van der Waals surface area contributed by atoms with E-state index < -0.39 is 23.3 Å². The van der Waals surface area contributed by atoms with Gasteiger partial charge in [-0.25, -0.2) is 4.98 Å². The molecule has 0 amide bonds. The van der Waals surface area contributed by atoms with Gasteiger partial charge in [0.25, 0.3) is 0 Å². The van der Waals surface area contributed by atoms with Crippen molar-refractivity contribution >= 4 is 23.7 Å². The van der Waals surface area contributed by atoms with Gasteiger partial charge in [0.05, 0.1) is 24.5 Å². The average molecular weight is 378 g/mol. The second-order valence-electron chi connectivity index (χ2n) is 7.56. The zero-order valence-corrected chi connectivity index (χ0v) is 15.7. The predicted octanol–water partition coefficient (Wildman–Crippen LogP) is 0.976. The van der Waals surface area contributed by atoms with E-state index in [0.717, 1.165) is 6.42 Å². The van der Waals surface area contributed by atoms with Gasteiger partial charge in [0.15, 0.2) is 0 Å². The minimum atomic E-state index is -1.14. The Morgan fingerprint density at radius 3 is 2.52 bits per heavy atom. The van der Waals surface area contributed by atoms with Crippen LogP contribution in [0.5, 0.6) is 0 Å². The first-order chi connectivity index (χ1) is 12.8. The molecule has 0 unspecified atom stereocenters. The van der Waals surface area contributed by atoms with Crippen LogP contribution in [0.2, 0.25) is 0 Å². The molecule has 0 aromatic carbocycles. The fourth-order valence-electron chi connectivity index (χ4n) is 3.45. The lowest BCUT2D eigenvalue weighted by Crippen LogP contribution is -2.42. The van der Waals surface area contributed by atoms with Gasteiger partial charge in [-0.3, -0.25) is 9.59 Å². The summed E-state index contributed by atoms with van der Waals surface area (Å²) in [5.74, 6) is -1.15. The van der Waals surface area contributed by atoms with Gasteiger partial charge in [0.2, 0.25) is 5.95 Å². The van der Waals surface area contributed by atoms with Crippen LogP contribution < -0.4 is 9.80 Å². The Morgan fingerprint density at radius 2 is 1.89 bits per heavy atom. The Hall–Kier alpha value is -2.42. The van der Waals surface area contributed by atoms with Crippen LogP contribution in [0, 0.1) is 5.92 Å². The molecule has 0 saturated carbocycles. The number of morpholine rings is 1. The van der Waals surface area contributed by atoms with Gasteiger partial charge in [-0.05, 0) is 26.7 Å². The Morgan fingerprint density at radius 1 is 1.19 bits per heavy atom. The molecule has 2 saturated heterocycles. The molecule has 148 valence electrons. The summed E-state index contributed by atoms with van der Waals surface area (Å²) in [7, 11) is 0. The van der Waals surface area contributed by atoms with Crippen molar-refractivity contribution < 1.29 is 24.5 Å². The highest BCUT2D eigenvalue weighted by Gasteiger charge is 2.36. The van der Waals surface area contributed by atoms with E-state index in [1.807, 2.05) is 9.80 Å². The topological polar surface area (TPSA) is 116 Å². The number of nitrogens with zero attached hydrogens (tertiary/aromatic N) is 4. The van der Waals surface area contributed by atoms with Gasteiger partial charge >= 0.3 is 11.9 Å². The van der Waals surface area contributed by atoms with E-state index in [-0.39, 0.29) is 0 Å². The molecule has 27 heavy (non-hydrogen) atoms. The van der Waals surface area contributed by atoms with Crippen LogP contribution in [0.15, 0.2) is 6.20 Å². The number of rotatable bonds is 5. The Balaban J connectivity index is 1.97. The average Bonchev–Trinajstić information content (AvgIpc) is 2.68. The summed E-state index contributed by atoms with van der Waals surface area (Å²) in [6.07, 6.45) is 2.98. The number of hydrogen-bond donors (Lipinski definition) is 2. The van der Waals surface area contributed by atoms with Crippen molar-refractivity contribution in [1.29, 1.82) is 0 Å². The highest BCUT2D eigenvalue weighted by Crippen LogP contribution is 2.33. The second kappa shape index (κ2) is 7.67. The molecule has 1 aromatic rings. The second-order valence-corrected chi connectivity index (χ2v) is 7.56. The van der Waals surface area contributed by atoms with E-state index in [1.165, 1.54) is 0 Å². The minimum Gasteiger partial charge on any atom is -0.481 e. The number of aliphatic carboxylic acids is 2. The van der Waals surface area contributed by atoms with Gasteiger partial charge in [-0.1, -0.05) is 0 Å². The molecule has 2 N–H and O–H groups in total. The van der Waals surface area contributed by atoms with Gasteiger partial charge in [-0.15, -0.1) is 0 Å². The minimum absolute atomic E-state index is 0.361. The van der Waals surface area contributed by atoms with Gasteiger partial charge in [0, 0.05) is 37.9 Å². The number of aromatic nitrogens is 2. The van der Waals surface area contributed by atoms with E-state index >= 15 is 0 Å². The van der Waals surface area contributed by atoms with Crippen LogP contribution in [0.25, 0.3) is 0 Å². The molecule has 2 aliphatic heterocycles. The summed E-state index contributed by atoms with van der Waals surface area (Å²) in [6, 6.07) is 0. The van der Waals surface area contributed by atoms with E-state index in [1.54, 1.807) is 20.0 Å². The van der Waals surface area contributed by atoms with Crippen molar-refractivity contribution in [3.63, 3.8) is 0 Å². The number of piperidine rings is 1. The molecule has 1 atom stereocenters. The van der Waals surface area contributed by atoms with Crippen LogP contribution in [0.1, 0.15) is 32.3 Å². The van der Waals surface area contributed by atoms with E-state index in [4.69, 9.17) is 9.72 Å². The number of hydrogen-bond acceptors (Lipinski definition) is 7. The van der Waals surface area contributed by atoms with Crippen molar-refractivity contribution in [2.24, 2.45) is 5.92 Å². The summed E-state index contributed by atoms with van der Waals surface area (Å²) < 4.78 is 5.40. The third-order valence-corrected chi connectivity index (χ3v) is 5.33. The van der Waals surface area contributed by atoms with Crippen LogP contribution in [-0.4, -0.2) is 71.5 Å². The normalized spacial score (nSPS) is 21.2. The molecule has 0 aliphatic carbocycles. The fraction of sp³-hybridized carbons (Fsp3) is 0.667. The van der Waals surface area contributed by atoms with Gasteiger partial charge in [-0.2, -0.15) is 4.98 Å². The van der Waals surface area contributed by atoms with E-state index in [9.17, 15) is 19.8 Å². The molecule has 1 aromatic heterocycles. The largest absolute Gasteiger partial charge is 0.481 e. The van der Waals surface area contributed by atoms with Crippen LogP contribution >= 0.6 is 0 Å². The zero-order chi connectivity index (χ0) is 19.6. The lowest BCUT2D eigenvalue weighted by atomic mass is 9.85. The summed E-state index contributed by atoms with van der Waals surface area (Å²) in [6.45, 7) is 6.67. The summed E-state index contributed by atoms with van der Waals surface area (Å²) >= 11 is 0. The van der Waals surface area contributed by atoms with Crippen molar-refractivity contribution in [1.82, 2.24) is 9.97 Å². The van der Waals surface area contributed by atoms with Crippen molar-refractivity contribution in [3.05, 3.63) is 11.8 Å². The first-order valence-corrected chi connectivity index (χ1v) is 9.22. The van der Waals surface area contributed by atoms with E-state index in [0.29, 0.717) is 63.1 Å². The molecule has 9 nitrogen and oxygen atoms in total. The molecule has 3 rings (SSSR count). The lowest BCUT2D eigenvalue weighted by molar-refractivity contribution is -0.143. The number of carboxylic acid groups (broad SMARTS) is 2.